The van der Waals surface area contributed by atoms with Gasteiger partial charge in [0.15, 0.2) is 0 Å². The summed E-state index contributed by atoms with van der Waals surface area (Å²) < 4.78 is 10.8. The van der Waals surface area contributed by atoms with Gasteiger partial charge in [0.05, 0.1) is 13.7 Å². The second kappa shape index (κ2) is 7.95. The van der Waals surface area contributed by atoms with E-state index in [-0.39, 0.29) is 0 Å². The number of nitrogens with one attached hydrogen (secondary N) is 1. The van der Waals surface area contributed by atoms with Gasteiger partial charge < -0.3 is 14.5 Å². The molecule has 0 aliphatic carbocycles. The number of aromatic nitrogens is 2. The van der Waals surface area contributed by atoms with Crippen LogP contribution in [-0.4, -0.2) is 23.9 Å². The molecule has 0 unspecified atom stereocenters. The molecule has 0 fully saturated rings. The second-order valence-corrected chi connectivity index (χ2v) is 5.72. The molecule has 24 heavy (non-hydrogen) atoms. The molecule has 1 N–H and O–H groups in total. The van der Waals surface area contributed by atoms with Crippen molar-refractivity contribution in [1.82, 2.24) is 15.5 Å². The lowest BCUT2D eigenvalue weighted by Gasteiger charge is -2.04. The quantitative estimate of drug-likeness (QED) is 0.662. The van der Waals surface area contributed by atoms with E-state index in [1.807, 2.05) is 30.3 Å². The van der Waals surface area contributed by atoms with E-state index in [0.717, 1.165) is 24.3 Å². The highest BCUT2D eigenvalue weighted by Gasteiger charge is 2.08. The lowest BCUT2D eigenvalue weighted by atomic mass is 10.1. The van der Waals surface area contributed by atoms with Crippen LogP contribution in [0.25, 0.3) is 11.5 Å². The highest BCUT2D eigenvalue weighted by atomic mass is 35.5. The van der Waals surface area contributed by atoms with Crippen molar-refractivity contribution in [2.75, 3.05) is 13.7 Å². The standard InChI is InChI=1S/C18H18ClN3O2/c1-23-16-7-5-13(6-8-16)9-10-20-12-17-21-22-18(24-17)14-3-2-4-15(19)11-14/h2-8,11,20H,9-10,12H2,1H3. The number of methoxy groups -OCH3 is 1. The molecule has 6 heteroatoms. The Morgan fingerprint density at radius 2 is 1.96 bits per heavy atom. The van der Waals surface area contributed by atoms with Gasteiger partial charge in [-0.05, 0) is 48.9 Å². The van der Waals surface area contributed by atoms with E-state index in [2.05, 4.69) is 27.6 Å². The molecule has 1 heterocycles. The summed E-state index contributed by atoms with van der Waals surface area (Å²) in [6.45, 7) is 1.35. The maximum atomic E-state index is 5.97. The normalized spacial score (nSPS) is 10.8. The second-order valence-electron chi connectivity index (χ2n) is 5.29. The first-order valence-electron chi connectivity index (χ1n) is 7.66. The van der Waals surface area contributed by atoms with Crippen LogP contribution in [-0.2, 0) is 13.0 Å². The molecule has 124 valence electrons. The predicted molar refractivity (Wildman–Crippen MR) is 93.1 cm³/mol. The molecule has 0 saturated carbocycles. The fourth-order valence-electron chi connectivity index (χ4n) is 2.28. The summed E-state index contributed by atoms with van der Waals surface area (Å²) in [5.74, 6) is 1.90. The maximum Gasteiger partial charge on any atom is 0.247 e. The fraction of sp³-hybridized carbons (Fsp3) is 0.222. The maximum absolute atomic E-state index is 5.97. The van der Waals surface area contributed by atoms with E-state index in [4.69, 9.17) is 20.8 Å². The van der Waals surface area contributed by atoms with E-state index in [0.29, 0.717) is 23.3 Å². The minimum absolute atomic E-state index is 0.476. The van der Waals surface area contributed by atoms with Gasteiger partial charge in [0, 0.05) is 10.6 Å². The summed E-state index contributed by atoms with van der Waals surface area (Å²) in [6, 6.07) is 15.4. The highest BCUT2D eigenvalue weighted by Crippen LogP contribution is 2.21. The summed E-state index contributed by atoms with van der Waals surface area (Å²) in [4.78, 5) is 0. The summed E-state index contributed by atoms with van der Waals surface area (Å²) in [5.41, 5.74) is 2.06. The van der Waals surface area contributed by atoms with Crippen LogP contribution < -0.4 is 10.1 Å². The van der Waals surface area contributed by atoms with Crippen molar-refractivity contribution in [2.45, 2.75) is 13.0 Å². The van der Waals surface area contributed by atoms with Crippen molar-refractivity contribution in [1.29, 1.82) is 0 Å². The lowest BCUT2D eigenvalue weighted by molar-refractivity contribution is 0.414. The van der Waals surface area contributed by atoms with Gasteiger partial charge in [-0.2, -0.15) is 0 Å². The first-order valence-corrected chi connectivity index (χ1v) is 8.04. The average Bonchev–Trinajstić information content (AvgIpc) is 3.08. The van der Waals surface area contributed by atoms with E-state index >= 15 is 0 Å². The van der Waals surface area contributed by atoms with Gasteiger partial charge in [-0.1, -0.05) is 29.8 Å². The largest absolute Gasteiger partial charge is 0.497 e. The summed E-state index contributed by atoms with van der Waals surface area (Å²) in [7, 11) is 1.67. The molecule has 0 amide bonds. The molecule has 1 aromatic heterocycles. The van der Waals surface area contributed by atoms with Gasteiger partial charge in [-0.15, -0.1) is 10.2 Å². The monoisotopic (exact) mass is 343 g/mol. The molecule has 0 aliphatic rings. The summed E-state index contributed by atoms with van der Waals surface area (Å²) in [5, 5.41) is 12.0. The van der Waals surface area contributed by atoms with Crippen molar-refractivity contribution in [3.8, 4) is 17.2 Å². The van der Waals surface area contributed by atoms with Crippen molar-refractivity contribution in [3.05, 3.63) is 65.0 Å². The van der Waals surface area contributed by atoms with Gasteiger partial charge >= 0.3 is 0 Å². The molecule has 3 rings (SSSR count). The van der Waals surface area contributed by atoms with Crippen molar-refractivity contribution < 1.29 is 9.15 Å². The molecule has 2 aromatic carbocycles. The van der Waals surface area contributed by atoms with Crippen LogP contribution in [0.5, 0.6) is 5.75 Å². The van der Waals surface area contributed by atoms with Crippen LogP contribution in [0, 0.1) is 0 Å². The number of hydrogen-bond acceptors (Lipinski definition) is 5. The minimum Gasteiger partial charge on any atom is -0.497 e. The minimum atomic E-state index is 0.476. The SMILES string of the molecule is COc1ccc(CCNCc2nnc(-c3cccc(Cl)c3)o2)cc1. The summed E-state index contributed by atoms with van der Waals surface area (Å²) in [6.07, 6.45) is 0.916. The zero-order valence-electron chi connectivity index (χ0n) is 13.3. The van der Waals surface area contributed by atoms with Crippen LogP contribution >= 0.6 is 11.6 Å². The molecule has 0 bridgehead atoms. The van der Waals surface area contributed by atoms with E-state index in [1.54, 1.807) is 13.2 Å². The Labute approximate surface area is 145 Å². The zero-order valence-corrected chi connectivity index (χ0v) is 14.1. The number of benzene rings is 2. The Hall–Kier alpha value is -2.37. The van der Waals surface area contributed by atoms with Gasteiger partial charge in [-0.25, -0.2) is 0 Å². The third-order valence-corrected chi connectivity index (χ3v) is 3.80. The Balaban J connectivity index is 1.48. The van der Waals surface area contributed by atoms with Gasteiger partial charge in [0.1, 0.15) is 5.75 Å². The van der Waals surface area contributed by atoms with Crippen molar-refractivity contribution in [2.24, 2.45) is 0 Å². The number of halogens is 1. The molecule has 0 radical (unpaired) electrons. The van der Waals surface area contributed by atoms with E-state index in [9.17, 15) is 0 Å². The van der Waals surface area contributed by atoms with Crippen LogP contribution in [0.15, 0.2) is 52.9 Å². The number of nitrogens with zero attached hydrogens (tertiary/aromatic N) is 2. The van der Waals surface area contributed by atoms with Crippen molar-refractivity contribution >= 4 is 11.6 Å². The van der Waals surface area contributed by atoms with Gasteiger partial charge in [0.2, 0.25) is 11.8 Å². The smallest absolute Gasteiger partial charge is 0.247 e. The molecule has 0 saturated heterocycles. The Kier molecular flexibility index (Phi) is 5.46. The fourth-order valence-corrected chi connectivity index (χ4v) is 2.47. The number of rotatable bonds is 7. The third-order valence-electron chi connectivity index (χ3n) is 3.56. The third kappa shape index (κ3) is 4.34. The molecule has 3 aromatic rings. The van der Waals surface area contributed by atoms with Crippen LogP contribution in [0.1, 0.15) is 11.5 Å². The Morgan fingerprint density at radius 1 is 1.12 bits per heavy atom. The lowest BCUT2D eigenvalue weighted by Crippen LogP contribution is -2.16. The molecule has 0 spiro atoms. The first-order chi connectivity index (χ1) is 11.7. The average molecular weight is 344 g/mol. The molecular weight excluding hydrogens is 326 g/mol. The van der Waals surface area contributed by atoms with Crippen molar-refractivity contribution in [3.63, 3.8) is 0 Å². The molecular formula is C18H18ClN3O2. The topological polar surface area (TPSA) is 60.2 Å². The number of hydrogen-bond donors (Lipinski definition) is 1. The molecule has 0 atom stereocenters. The molecule has 5 nitrogen and oxygen atoms in total. The highest BCUT2D eigenvalue weighted by molar-refractivity contribution is 6.30. The zero-order chi connectivity index (χ0) is 16.8. The predicted octanol–water partition coefficient (Wildman–Crippen LogP) is 3.73. The Morgan fingerprint density at radius 3 is 2.71 bits per heavy atom. The Bertz CT molecular complexity index is 787. The van der Waals surface area contributed by atoms with Crippen LogP contribution in [0.3, 0.4) is 0 Å². The first kappa shape index (κ1) is 16.5. The van der Waals surface area contributed by atoms with E-state index in [1.165, 1.54) is 5.56 Å². The van der Waals surface area contributed by atoms with Crippen LogP contribution in [0.4, 0.5) is 0 Å². The van der Waals surface area contributed by atoms with Crippen LogP contribution in [0.2, 0.25) is 5.02 Å². The van der Waals surface area contributed by atoms with Gasteiger partial charge in [0.25, 0.3) is 0 Å². The molecule has 0 aliphatic heterocycles. The summed E-state index contributed by atoms with van der Waals surface area (Å²) >= 11 is 5.97. The van der Waals surface area contributed by atoms with E-state index < -0.39 is 0 Å². The van der Waals surface area contributed by atoms with Gasteiger partial charge in [-0.3, -0.25) is 0 Å². The number of ether oxygens (including phenoxy) is 1.